The molecule has 0 saturated heterocycles. The number of nitrogens with zero attached hydrogens (tertiary/aromatic N) is 1. The number of carbonyl (C=O) groups is 1. The lowest BCUT2D eigenvalue weighted by atomic mass is 9.86. The van der Waals surface area contributed by atoms with Crippen LogP contribution in [0.4, 0.5) is 8.78 Å². The Morgan fingerprint density at radius 3 is 2.62 bits per heavy atom. The Morgan fingerprint density at radius 2 is 1.89 bits per heavy atom. The molecule has 4 rings (SSSR count). The van der Waals surface area contributed by atoms with Crippen LogP contribution >= 0.6 is 15.9 Å². The summed E-state index contributed by atoms with van der Waals surface area (Å²) in [7, 11) is 0. The number of amides is 1. The number of halogens is 3. The molecule has 0 saturated carbocycles. The van der Waals surface area contributed by atoms with Gasteiger partial charge >= 0.3 is 0 Å². The number of rotatable bonds is 10. The molecule has 3 aromatic rings. The van der Waals surface area contributed by atoms with E-state index in [1.54, 1.807) is 31.2 Å². The van der Waals surface area contributed by atoms with Gasteiger partial charge < -0.3 is 19.9 Å². The average molecular weight is 573 g/mol. The highest BCUT2D eigenvalue weighted by molar-refractivity contribution is 9.10. The normalized spacial score (nSPS) is 18.7. The predicted molar refractivity (Wildman–Crippen MR) is 140 cm³/mol. The van der Waals surface area contributed by atoms with Gasteiger partial charge in [-0.15, -0.1) is 0 Å². The van der Waals surface area contributed by atoms with Gasteiger partial charge in [-0.25, -0.2) is 13.8 Å². The summed E-state index contributed by atoms with van der Waals surface area (Å²) in [5.74, 6) is -0.719. The fourth-order valence-corrected chi connectivity index (χ4v) is 4.51. The zero-order chi connectivity index (χ0) is 26.4. The summed E-state index contributed by atoms with van der Waals surface area (Å²) >= 11 is 3.54. The Hall–Kier alpha value is -3.30. The third-order valence-corrected chi connectivity index (χ3v) is 6.97. The second kappa shape index (κ2) is 11.8. The number of aliphatic imine (C=N–C) groups is 1. The summed E-state index contributed by atoms with van der Waals surface area (Å²) in [6.45, 7) is 2.01. The highest BCUT2D eigenvalue weighted by atomic mass is 79.9. The minimum absolute atomic E-state index is 0.0388. The molecule has 0 aromatic heterocycles. The van der Waals surface area contributed by atoms with Crippen molar-refractivity contribution in [3.05, 3.63) is 99.5 Å². The molecule has 0 radical (unpaired) electrons. The van der Waals surface area contributed by atoms with Crippen LogP contribution in [0, 0.1) is 11.6 Å². The molecule has 1 aliphatic heterocycles. The lowest BCUT2D eigenvalue weighted by Gasteiger charge is -2.28. The van der Waals surface area contributed by atoms with E-state index in [2.05, 4.69) is 21.2 Å². The molecule has 0 bridgehead atoms. The molecule has 6 nitrogen and oxygen atoms in total. The molecule has 0 spiro atoms. The van der Waals surface area contributed by atoms with Crippen LogP contribution < -0.4 is 10.1 Å². The van der Waals surface area contributed by atoms with Crippen molar-refractivity contribution in [3.8, 4) is 5.75 Å². The van der Waals surface area contributed by atoms with Crippen LogP contribution in [-0.4, -0.2) is 41.8 Å². The van der Waals surface area contributed by atoms with Crippen LogP contribution in [-0.2, 0) is 22.5 Å². The maximum Gasteiger partial charge on any atom is 0.252 e. The molecular weight excluding hydrogens is 546 g/mol. The van der Waals surface area contributed by atoms with Gasteiger partial charge in [-0.05, 0) is 61.0 Å². The van der Waals surface area contributed by atoms with E-state index in [1.807, 2.05) is 24.3 Å². The highest BCUT2D eigenvalue weighted by Crippen LogP contribution is 2.34. The van der Waals surface area contributed by atoms with E-state index in [0.29, 0.717) is 30.2 Å². The Kier molecular flexibility index (Phi) is 8.56. The fourth-order valence-electron chi connectivity index (χ4n) is 4.08. The molecule has 2 N–H and O–H groups in total. The zero-order valence-corrected chi connectivity index (χ0v) is 21.8. The second-order valence-corrected chi connectivity index (χ2v) is 9.59. The van der Waals surface area contributed by atoms with Gasteiger partial charge in [0.2, 0.25) is 5.90 Å². The van der Waals surface area contributed by atoms with Gasteiger partial charge in [0.25, 0.3) is 5.91 Å². The summed E-state index contributed by atoms with van der Waals surface area (Å²) in [4.78, 5) is 18.5. The molecule has 2 atom stereocenters. The molecule has 1 amide bonds. The van der Waals surface area contributed by atoms with Gasteiger partial charge in [-0.1, -0.05) is 34.1 Å². The van der Waals surface area contributed by atoms with Gasteiger partial charge in [-0.2, -0.15) is 0 Å². The molecule has 1 heterocycles. The van der Waals surface area contributed by atoms with E-state index in [9.17, 15) is 13.6 Å². The molecule has 3 aromatic carbocycles. The smallest absolute Gasteiger partial charge is 0.252 e. The van der Waals surface area contributed by atoms with Crippen molar-refractivity contribution < 1.29 is 28.2 Å². The first kappa shape index (κ1) is 26.8. The molecule has 194 valence electrons. The Morgan fingerprint density at radius 1 is 1.14 bits per heavy atom. The Labute approximate surface area is 222 Å². The first-order valence-corrected chi connectivity index (χ1v) is 12.7. The first-order valence-electron chi connectivity index (χ1n) is 11.9. The number of aliphatic hydroxyl groups excluding tert-OH is 1. The Bertz CT molecular complexity index is 1290. The second-order valence-electron chi connectivity index (χ2n) is 8.74. The number of hydrogen-bond donors (Lipinski definition) is 2. The molecular formula is C28H27BrF2N2O4. The molecule has 0 fully saturated rings. The molecule has 0 unspecified atom stereocenters. The van der Waals surface area contributed by atoms with E-state index in [-0.39, 0.29) is 25.1 Å². The number of hydrogen-bond acceptors (Lipinski definition) is 5. The predicted octanol–water partition coefficient (Wildman–Crippen LogP) is 4.95. The lowest BCUT2D eigenvalue weighted by Crippen LogP contribution is -2.52. The van der Waals surface area contributed by atoms with Gasteiger partial charge in [0, 0.05) is 41.6 Å². The average Bonchev–Trinajstić information content (AvgIpc) is 3.23. The Balaban J connectivity index is 1.63. The van der Waals surface area contributed by atoms with E-state index in [4.69, 9.17) is 19.6 Å². The third-order valence-electron chi connectivity index (χ3n) is 6.19. The van der Waals surface area contributed by atoms with Crippen molar-refractivity contribution in [1.82, 2.24) is 5.32 Å². The van der Waals surface area contributed by atoms with Crippen LogP contribution in [0.2, 0.25) is 0 Å². The largest absolute Gasteiger partial charge is 0.494 e. The summed E-state index contributed by atoms with van der Waals surface area (Å²) < 4.78 is 40.3. The number of carbonyl (C=O) groups excluding carboxylic acids is 1. The van der Waals surface area contributed by atoms with Gasteiger partial charge in [-0.3, -0.25) is 4.79 Å². The van der Waals surface area contributed by atoms with Crippen molar-refractivity contribution in [2.24, 2.45) is 4.99 Å². The molecule has 1 aliphatic rings. The summed E-state index contributed by atoms with van der Waals surface area (Å²) in [5, 5.41) is 11.7. The molecule has 0 aliphatic carbocycles. The van der Waals surface area contributed by atoms with Crippen LogP contribution in [0.15, 0.2) is 76.2 Å². The van der Waals surface area contributed by atoms with E-state index < -0.39 is 29.2 Å². The summed E-state index contributed by atoms with van der Waals surface area (Å²) in [6, 6.07) is 17.7. The maximum atomic E-state index is 14.2. The minimum Gasteiger partial charge on any atom is -0.494 e. The van der Waals surface area contributed by atoms with Crippen LogP contribution in [0.3, 0.4) is 0 Å². The van der Waals surface area contributed by atoms with E-state index in [1.165, 1.54) is 0 Å². The van der Waals surface area contributed by atoms with Crippen molar-refractivity contribution in [3.63, 3.8) is 0 Å². The number of ether oxygens (including phenoxy) is 2. The van der Waals surface area contributed by atoms with Crippen molar-refractivity contribution in [2.75, 3.05) is 13.2 Å². The van der Waals surface area contributed by atoms with Crippen molar-refractivity contribution >= 4 is 27.7 Å². The summed E-state index contributed by atoms with van der Waals surface area (Å²) in [6.07, 6.45) is 0.104. The monoisotopic (exact) mass is 572 g/mol. The van der Waals surface area contributed by atoms with E-state index >= 15 is 0 Å². The van der Waals surface area contributed by atoms with Crippen molar-refractivity contribution in [1.29, 1.82) is 0 Å². The van der Waals surface area contributed by atoms with Crippen LogP contribution in [0.25, 0.3) is 0 Å². The lowest BCUT2D eigenvalue weighted by molar-refractivity contribution is -0.128. The molecule has 9 heteroatoms. The van der Waals surface area contributed by atoms with Crippen LogP contribution in [0.5, 0.6) is 5.75 Å². The highest BCUT2D eigenvalue weighted by Gasteiger charge is 2.50. The quantitative estimate of drug-likeness (QED) is 0.337. The zero-order valence-electron chi connectivity index (χ0n) is 20.2. The SMILES string of the molecule is C[C@H]1OC(c2ccc(OCCCO)cc2)=N[C@@]1(Cc1ccccc1Br)C(=O)NCc1cc(F)ccc1F. The third kappa shape index (κ3) is 6.17. The number of aliphatic hydroxyl groups is 1. The minimum atomic E-state index is -1.35. The van der Waals surface area contributed by atoms with Gasteiger partial charge in [0.1, 0.15) is 23.5 Å². The first-order chi connectivity index (χ1) is 17.8. The molecule has 37 heavy (non-hydrogen) atoms. The number of benzene rings is 3. The van der Waals surface area contributed by atoms with Gasteiger partial charge in [0.05, 0.1) is 6.61 Å². The standard InChI is InChI=1S/C28H27BrF2N2O4/c1-18-28(16-20-5-2-3-6-24(20)29,27(35)32-17-21-15-22(30)9-12-25(21)31)33-26(37-18)19-7-10-23(11-8-19)36-14-4-13-34/h2-3,5-12,15,18,34H,4,13-14,16-17H2,1H3,(H,32,35)/t18-,28-/m1/s1. The van der Waals surface area contributed by atoms with Crippen LogP contribution in [0.1, 0.15) is 30.0 Å². The maximum absolute atomic E-state index is 14.2. The summed E-state index contributed by atoms with van der Waals surface area (Å²) in [5.41, 5.74) is 0.207. The fraction of sp³-hybridized carbons (Fsp3) is 0.286. The van der Waals surface area contributed by atoms with E-state index in [0.717, 1.165) is 28.2 Å². The van der Waals surface area contributed by atoms with Crippen molar-refractivity contribution in [2.45, 2.75) is 38.0 Å². The van der Waals surface area contributed by atoms with Gasteiger partial charge in [0.15, 0.2) is 5.54 Å². The topological polar surface area (TPSA) is 80.2 Å². The number of nitrogens with one attached hydrogen (secondary N) is 1.